The maximum absolute atomic E-state index is 11.8. The molecule has 5 heteroatoms. The number of rotatable bonds is 3. The number of hydrogen-bond acceptors (Lipinski definition) is 3. The number of halogens is 1. The van der Waals surface area contributed by atoms with Crippen molar-refractivity contribution >= 4 is 17.4 Å². The molecule has 0 spiro atoms. The molecule has 0 aliphatic heterocycles. The first-order chi connectivity index (χ1) is 6.81. The van der Waals surface area contributed by atoms with Gasteiger partial charge in [0.2, 0.25) is 0 Å². The molecule has 0 fully saturated rings. The maximum atomic E-state index is 11.8. The van der Waals surface area contributed by atoms with Gasteiger partial charge in [-0.2, -0.15) is 5.10 Å². The van der Waals surface area contributed by atoms with Gasteiger partial charge in [0.25, 0.3) is 0 Å². The van der Waals surface area contributed by atoms with Crippen molar-refractivity contribution in [3.8, 4) is 0 Å². The molecule has 0 aliphatic carbocycles. The second-order valence-corrected chi connectivity index (χ2v) is 4.90. The minimum absolute atomic E-state index is 0.0464. The van der Waals surface area contributed by atoms with Gasteiger partial charge in [0.15, 0.2) is 5.78 Å². The van der Waals surface area contributed by atoms with Crippen molar-refractivity contribution in [1.29, 1.82) is 0 Å². The second-order valence-electron chi connectivity index (χ2n) is 4.49. The highest BCUT2D eigenvalue weighted by atomic mass is 35.5. The monoisotopic (exact) mass is 229 g/mol. The Balaban J connectivity index is 2.70. The number of Topliss-reactive ketones (excluding diaryl/α,β-unsaturated/α-hetero) is 1. The molecule has 0 aliphatic rings. The summed E-state index contributed by atoms with van der Waals surface area (Å²) >= 11 is 5.86. The number of ketones is 1. The first-order valence-electron chi connectivity index (χ1n) is 4.77. The third kappa shape index (κ3) is 3.32. The van der Waals surface area contributed by atoms with E-state index in [0.29, 0.717) is 10.7 Å². The first-order valence-corrected chi connectivity index (χ1v) is 5.15. The maximum Gasteiger partial charge on any atom is 0.196 e. The zero-order chi connectivity index (χ0) is 11.6. The van der Waals surface area contributed by atoms with E-state index in [1.807, 2.05) is 20.8 Å². The highest BCUT2D eigenvalue weighted by molar-refractivity contribution is 6.33. The Hall–Kier alpha value is -0.870. The lowest BCUT2D eigenvalue weighted by atomic mass is 10.1. The molecule has 1 N–H and O–H groups in total. The van der Waals surface area contributed by atoms with Crippen LogP contribution in [0.4, 0.5) is 0 Å². The van der Waals surface area contributed by atoms with E-state index in [4.69, 9.17) is 11.6 Å². The summed E-state index contributed by atoms with van der Waals surface area (Å²) in [6.45, 7) is 6.28. The summed E-state index contributed by atoms with van der Waals surface area (Å²) in [6.07, 6.45) is 1.48. The van der Waals surface area contributed by atoms with Gasteiger partial charge in [-0.15, -0.1) is 0 Å². The van der Waals surface area contributed by atoms with Crippen molar-refractivity contribution in [1.82, 2.24) is 15.1 Å². The van der Waals surface area contributed by atoms with E-state index in [9.17, 15) is 4.79 Å². The van der Waals surface area contributed by atoms with Crippen molar-refractivity contribution < 1.29 is 4.79 Å². The van der Waals surface area contributed by atoms with E-state index in [-0.39, 0.29) is 17.9 Å². The van der Waals surface area contributed by atoms with Gasteiger partial charge in [-0.1, -0.05) is 11.6 Å². The highest BCUT2D eigenvalue weighted by Crippen LogP contribution is 2.14. The smallest absolute Gasteiger partial charge is 0.196 e. The fraction of sp³-hybridized carbons (Fsp3) is 0.600. The van der Waals surface area contributed by atoms with Crippen LogP contribution in [-0.4, -0.2) is 27.6 Å². The van der Waals surface area contributed by atoms with Crippen LogP contribution in [0, 0.1) is 0 Å². The molecule has 1 aromatic rings. The molecule has 0 amide bonds. The third-order valence-corrected chi connectivity index (χ3v) is 2.21. The van der Waals surface area contributed by atoms with Crippen LogP contribution in [0.25, 0.3) is 0 Å². The van der Waals surface area contributed by atoms with Gasteiger partial charge >= 0.3 is 0 Å². The lowest BCUT2D eigenvalue weighted by molar-refractivity contribution is 0.0973. The SMILES string of the molecule is Cn1ncc(Cl)c1C(=O)CNC(C)(C)C. The molecule has 4 nitrogen and oxygen atoms in total. The van der Waals surface area contributed by atoms with Crippen molar-refractivity contribution in [2.24, 2.45) is 7.05 Å². The standard InChI is InChI=1S/C10H16ClN3O/c1-10(2,3)12-6-8(15)9-7(11)5-13-14(9)4/h5,12H,6H2,1-4H3. The molecule has 0 saturated heterocycles. The van der Waals surface area contributed by atoms with Crippen LogP contribution in [0.5, 0.6) is 0 Å². The van der Waals surface area contributed by atoms with Crippen LogP contribution < -0.4 is 5.32 Å². The molecule has 1 aromatic heterocycles. The van der Waals surface area contributed by atoms with Crippen molar-refractivity contribution in [3.05, 3.63) is 16.9 Å². The summed E-state index contributed by atoms with van der Waals surface area (Å²) in [7, 11) is 1.70. The molecular formula is C10H16ClN3O. The normalized spacial score (nSPS) is 11.8. The van der Waals surface area contributed by atoms with Crippen LogP contribution in [0.15, 0.2) is 6.20 Å². The van der Waals surface area contributed by atoms with Crippen LogP contribution in [0.1, 0.15) is 31.3 Å². The molecule has 0 aromatic carbocycles. The molecule has 0 unspecified atom stereocenters. The Kier molecular flexibility index (Phi) is 3.52. The molecule has 1 rings (SSSR count). The average molecular weight is 230 g/mol. The number of carbonyl (C=O) groups excluding carboxylic acids is 1. The van der Waals surface area contributed by atoms with Gasteiger partial charge in [-0.3, -0.25) is 9.48 Å². The Morgan fingerprint density at radius 3 is 2.60 bits per heavy atom. The molecule has 15 heavy (non-hydrogen) atoms. The first kappa shape index (κ1) is 12.2. The van der Waals surface area contributed by atoms with E-state index in [1.165, 1.54) is 10.9 Å². The van der Waals surface area contributed by atoms with Crippen molar-refractivity contribution in [2.45, 2.75) is 26.3 Å². The molecule has 0 saturated carbocycles. The van der Waals surface area contributed by atoms with Crippen LogP contribution in [-0.2, 0) is 7.05 Å². The number of aryl methyl sites for hydroxylation is 1. The predicted molar refractivity (Wildman–Crippen MR) is 60.3 cm³/mol. The van der Waals surface area contributed by atoms with E-state index in [2.05, 4.69) is 10.4 Å². The quantitative estimate of drug-likeness (QED) is 0.802. The van der Waals surface area contributed by atoms with Gasteiger partial charge in [-0.05, 0) is 20.8 Å². The predicted octanol–water partition coefficient (Wildman–Crippen LogP) is 1.64. The van der Waals surface area contributed by atoms with Gasteiger partial charge in [0.1, 0.15) is 5.69 Å². The van der Waals surface area contributed by atoms with Gasteiger partial charge < -0.3 is 5.32 Å². The number of aromatic nitrogens is 2. The zero-order valence-corrected chi connectivity index (χ0v) is 10.2. The number of nitrogens with zero attached hydrogens (tertiary/aromatic N) is 2. The molecular weight excluding hydrogens is 214 g/mol. The summed E-state index contributed by atoms with van der Waals surface area (Å²) in [6, 6.07) is 0. The fourth-order valence-corrected chi connectivity index (χ4v) is 1.42. The minimum Gasteiger partial charge on any atom is -0.305 e. The minimum atomic E-state index is -0.0826. The number of nitrogens with one attached hydrogen (secondary N) is 1. The number of hydrogen-bond donors (Lipinski definition) is 1. The average Bonchev–Trinajstić information content (AvgIpc) is 2.41. The Labute approximate surface area is 94.6 Å². The molecule has 0 radical (unpaired) electrons. The topological polar surface area (TPSA) is 46.9 Å². The molecule has 84 valence electrons. The second kappa shape index (κ2) is 4.33. The van der Waals surface area contributed by atoms with Gasteiger partial charge in [-0.25, -0.2) is 0 Å². The van der Waals surface area contributed by atoms with Gasteiger partial charge in [0.05, 0.1) is 17.8 Å². The number of carbonyl (C=O) groups is 1. The van der Waals surface area contributed by atoms with Crippen LogP contribution >= 0.6 is 11.6 Å². The van der Waals surface area contributed by atoms with Gasteiger partial charge in [0, 0.05) is 12.6 Å². The Morgan fingerprint density at radius 1 is 1.60 bits per heavy atom. The molecule has 1 heterocycles. The largest absolute Gasteiger partial charge is 0.305 e. The van der Waals surface area contributed by atoms with Crippen molar-refractivity contribution in [3.63, 3.8) is 0 Å². The van der Waals surface area contributed by atoms with Crippen LogP contribution in [0.3, 0.4) is 0 Å². The van der Waals surface area contributed by atoms with E-state index < -0.39 is 0 Å². The summed E-state index contributed by atoms with van der Waals surface area (Å²) in [5.74, 6) is -0.0464. The summed E-state index contributed by atoms with van der Waals surface area (Å²) < 4.78 is 1.50. The summed E-state index contributed by atoms with van der Waals surface area (Å²) in [5, 5.41) is 7.43. The van der Waals surface area contributed by atoms with Crippen LogP contribution in [0.2, 0.25) is 5.02 Å². The van der Waals surface area contributed by atoms with Crippen molar-refractivity contribution in [2.75, 3.05) is 6.54 Å². The van der Waals surface area contributed by atoms with E-state index in [1.54, 1.807) is 7.05 Å². The van der Waals surface area contributed by atoms with E-state index in [0.717, 1.165) is 0 Å². The lowest BCUT2D eigenvalue weighted by Gasteiger charge is -2.19. The summed E-state index contributed by atoms with van der Waals surface area (Å²) in [5.41, 5.74) is 0.370. The Bertz CT molecular complexity index is 346. The highest BCUT2D eigenvalue weighted by Gasteiger charge is 2.17. The molecule has 0 atom stereocenters. The Morgan fingerprint density at radius 2 is 2.20 bits per heavy atom. The summed E-state index contributed by atoms with van der Waals surface area (Å²) in [4.78, 5) is 11.8. The fourth-order valence-electron chi connectivity index (χ4n) is 1.15. The molecule has 0 bridgehead atoms. The lowest BCUT2D eigenvalue weighted by Crippen LogP contribution is -2.39. The third-order valence-electron chi connectivity index (χ3n) is 1.94. The van der Waals surface area contributed by atoms with E-state index >= 15 is 0 Å². The zero-order valence-electron chi connectivity index (χ0n) is 9.47.